The summed E-state index contributed by atoms with van der Waals surface area (Å²) in [5, 5.41) is 32.2. The molecule has 0 bridgehead atoms. The summed E-state index contributed by atoms with van der Waals surface area (Å²) in [6.45, 7) is 0. The highest BCUT2D eigenvalue weighted by Crippen LogP contribution is 2.12. The number of aromatic hydroxyl groups is 1. The Morgan fingerprint density at radius 1 is 1.00 bits per heavy atom. The summed E-state index contributed by atoms with van der Waals surface area (Å²) in [5.41, 5.74) is 6.46. The summed E-state index contributed by atoms with van der Waals surface area (Å²) in [6.07, 6.45) is 1.56. The molecule has 30 heavy (non-hydrogen) atoms. The molecule has 0 saturated heterocycles. The third-order valence-corrected chi connectivity index (χ3v) is 4.88. The van der Waals surface area contributed by atoms with Crippen LogP contribution in [-0.2, 0) is 25.6 Å². The number of nitrogens with one attached hydrogen (secondary N) is 2. The third kappa shape index (κ3) is 9.14. The Hall–Kier alpha value is -2.79. The predicted molar refractivity (Wildman–Crippen MR) is 111 cm³/mol. The largest absolute Gasteiger partial charge is 0.508 e. The molecule has 1 rings (SSSR count). The Labute approximate surface area is 178 Å². The van der Waals surface area contributed by atoms with Crippen LogP contribution >= 0.6 is 11.8 Å². The minimum Gasteiger partial charge on any atom is -0.508 e. The molecule has 10 nitrogen and oxygen atoms in total. The normalized spacial score (nSPS) is 13.7. The van der Waals surface area contributed by atoms with Gasteiger partial charge in [-0.25, -0.2) is 4.79 Å². The van der Waals surface area contributed by atoms with Gasteiger partial charge in [0.15, 0.2) is 0 Å². The van der Waals surface area contributed by atoms with E-state index in [-0.39, 0.29) is 18.6 Å². The zero-order valence-electron chi connectivity index (χ0n) is 16.5. The second kappa shape index (κ2) is 12.7. The molecule has 0 saturated carbocycles. The van der Waals surface area contributed by atoms with E-state index in [0.717, 1.165) is 0 Å². The number of carboxylic acid groups (broad SMARTS) is 2. The first-order valence-corrected chi connectivity index (χ1v) is 10.6. The Kier molecular flexibility index (Phi) is 10.7. The van der Waals surface area contributed by atoms with Crippen LogP contribution in [0.15, 0.2) is 24.3 Å². The molecule has 166 valence electrons. The smallest absolute Gasteiger partial charge is 0.326 e. The van der Waals surface area contributed by atoms with Crippen LogP contribution in [0.3, 0.4) is 0 Å². The van der Waals surface area contributed by atoms with Crippen LogP contribution in [0.2, 0.25) is 0 Å². The molecule has 1 aromatic carbocycles. The molecule has 3 atom stereocenters. The number of hydrogen-bond donors (Lipinski definition) is 6. The summed E-state index contributed by atoms with van der Waals surface area (Å²) in [6, 6.07) is 2.58. The van der Waals surface area contributed by atoms with Crippen LogP contribution in [0, 0.1) is 0 Å². The van der Waals surface area contributed by atoms with Crippen LogP contribution in [0.5, 0.6) is 5.75 Å². The number of amides is 2. The number of phenols is 1. The number of carbonyl (C=O) groups is 4. The minimum absolute atomic E-state index is 0.0262. The molecule has 7 N–H and O–H groups in total. The van der Waals surface area contributed by atoms with E-state index in [1.54, 1.807) is 12.1 Å². The summed E-state index contributed by atoms with van der Waals surface area (Å²) < 4.78 is 0. The van der Waals surface area contributed by atoms with Crippen LogP contribution in [0.1, 0.15) is 24.8 Å². The number of phenolic OH excluding ortho intramolecular Hbond substituents is 1. The molecule has 0 radical (unpaired) electrons. The first-order chi connectivity index (χ1) is 14.1. The van der Waals surface area contributed by atoms with Gasteiger partial charge in [0.2, 0.25) is 11.8 Å². The molecule has 2 amide bonds. The van der Waals surface area contributed by atoms with E-state index >= 15 is 0 Å². The fourth-order valence-corrected chi connectivity index (χ4v) is 3.02. The monoisotopic (exact) mass is 441 g/mol. The maximum Gasteiger partial charge on any atom is 0.326 e. The van der Waals surface area contributed by atoms with E-state index in [2.05, 4.69) is 10.6 Å². The lowest BCUT2D eigenvalue weighted by Gasteiger charge is -2.23. The predicted octanol–water partition coefficient (Wildman–Crippen LogP) is -0.0659. The van der Waals surface area contributed by atoms with Crippen molar-refractivity contribution in [1.29, 1.82) is 0 Å². The Morgan fingerprint density at radius 3 is 2.13 bits per heavy atom. The van der Waals surface area contributed by atoms with Gasteiger partial charge in [-0.3, -0.25) is 14.4 Å². The van der Waals surface area contributed by atoms with Crippen molar-refractivity contribution in [3.8, 4) is 5.75 Å². The lowest BCUT2D eigenvalue weighted by atomic mass is 10.0. The van der Waals surface area contributed by atoms with Gasteiger partial charge in [-0.2, -0.15) is 11.8 Å². The summed E-state index contributed by atoms with van der Waals surface area (Å²) in [7, 11) is 0. The average Bonchev–Trinajstić information content (AvgIpc) is 2.69. The second-order valence-corrected chi connectivity index (χ2v) is 7.64. The van der Waals surface area contributed by atoms with Gasteiger partial charge in [-0.05, 0) is 42.5 Å². The number of carbonyl (C=O) groups excluding carboxylic acids is 2. The molecule has 0 aliphatic carbocycles. The fourth-order valence-electron chi connectivity index (χ4n) is 2.53. The number of benzene rings is 1. The number of thioether (sulfide) groups is 1. The van der Waals surface area contributed by atoms with Crippen molar-refractivity contribution in [3.05, 3.63) is 29.8 Å². The summed E-state index contributed by atoms with van der Waals surface area (Å²) in [5.74, 6) is -3.21. The molecule has 1 aromatic rings. The molecule has 0 aliphatic heterocycles. The van der Waals surface area contributed by atoms with E-state index in [1.807, 2.05) is 6.26 Å². The zero-order valence-corrected chi connectivity index (χ0v) is 17.4. The van der Waals surface area contributed by atoms with E-state index in [1.165, 1.54) is 23.9 Å². The van der Waals surface area contributed by atoms with Gasteiger partial charge >= 0.3 is 11.9 Å². The Morgan fingerprint density at radius 2 is 1.60 bits per heavy atom. The third-order valence-electron chi connectivity index (χ3n) is 4.24. The van der Waals surface area contributed by atoms with Gasteiger partial charge in [-0.1, -0.05) is 12.1 Å². The molecule has 11 heteroatoms. The molecule has 0 heterocycles. The molecular formula is C19H27N3O7S. The fraction of sp³-hybridized carbons (Fsp3) is 0.474. The van der Waals surface area contributed by atoms with Crippen LogP contribution in [0.25, 0.3) is 0 Å². The van der Waals surface area contributed by atoms with Crippen LogP contribution in [0.4, 0.5) is 0 Å². The highest BCUT2D eigenvalue weighted by Gasteiger charge is 2.28. The van der Waals surface area contributed by atoms with Crippen molar-refractivity contribution < 1.29 is 34.5 Å². The lowest BCUT2D eigenvalue weighted by Crippen LogP contribution is -2.55. The number of rotatable bonds is 13. The van der Waals surface area contributed by atoms with Gasteiger partial charge < -0.3 is 31.7 Å². The lowest BCUT2D eigenvalue weighted by molar-refractivity contribution is -0.143. The summed E-state index contributed by atoms with van der Waals surface area (Å²) in [4.78, 5) is 47.2. The number of nitrogens with two attached hydrogens (primary N) is 1. The molecular weight excluding hydrogens is 414 g/mol. The van der Waals surface area contributed by atoms with Gasteiger partial charge in [0.05, 0.1) is 6.04 Å². The average molecular weight is 442 g/mol. The zero-order chi connectivity index (χ0) is 22.7. The number of aliphatic carboxylic acids is 2. The van der Waals surface area contributed by atoms with E-state index in [9.17, 15) is 29.4 Å². The maximum absolute atomic E-state index is 12.7. The Bertz CT molecular complexity index is 742. The first kappa shape index (κ1) is 25.2. The van der Waals surface area contributed by atoms with Crippen molar-refractivity contribution in [2.24, 2.45) is 5.73 Å². The van der Waals surface area contributed by atoms with Crippen molar-refractivity contribution in [3.63, 3.8) is 0 Å². The summed E-state index contributed by atoms with van der Waals surface area (Å²) >= 11 is 1.52. The number of hydrogen-bond acceptors (Lipinski definition) is 7. The van der Waals surface area contributed by atoms with Gasteiger partial charge in [0, 0.05) is 12.8 Å². The van der Waals surface area contributed by atoms with E-state index < -0.39 is 48.3 Å². The van der Waals surface area contributed by atoms with Crippen LogP contribution in [-0.4, -0.2) is 69.2 Å². The van der Waals surface area contributed by atoms with E-state index in [4.69, 9.17) is 10.8 Å². The van der Waals surface area contributed by atoms with Crippen LogP contribution < -0.4 is 16.4 Å². The standard InChI is InChI=1S/C19H27N3O7S/c1-30-9-8-13(20)17(26)22-15(10-11-2-4-12(23)5-3-11)18(27)21-14(19(28)29)6-7-16(24)25/h2-5,13-15,23H,6-10,20H2,1H3,(H,21,27)(H,22,26)(H,24,25)(H,28,29)/t13-,14-,15-/m0/s1. The van der Waals surface area contributed by atoms with Gasteiger partial charge in [0.1, 0.15) is 17.8 Å². The maximum atomic E-state index is 12.7. The molecule has 0 spiro atoms. The first-order valence-electron chi connectivity index (χ1n) is 9.21. The van der Waals surface area contributed by atoms with Crippen molar-refractivity contribution in [2.75, 3.05) is 12.0 Å². The van der Waals surface area contributed by atoms with Crippen molar-refractivity contribution in [2.45, 2.75) is 43.8 Å². The van der Waals surface area contributed by atoms with Gasteiger partial charge in [-0.15, -0.1) is 0 Å². The SMILES string of the molecule is CSCC[C@H](N)C(=O)N[C@@H](Cc1ccc(O)cc1)C(=O)N[C@@H](CCC(=O)O)C(=O)O. The van der Waals surface area contributed by atoms with Crippen molar-refractivity contribution >= 4 is 35.5 Å². The van der Waals surface area contributed by atoms with E-state index in [0.29, 0.717) is 17.7 Å². The molecule has 0 aliphatic rings. The minimum atomic E-state index is -1.42. The quantitative estimate of drug-likeness (QED) is 0.244. The van der Waals surface area contributed by atoms with Crippen molar-refractivity contribution in [1.82, 2.24) is 10.6 Å². The molecule has 0 fully saturated rings. The highest BCUT2D eigenvalue weighted by atomic mass is 32.2. The molecule has 0 aromatic heterocycles. The second-order valence-electron chi connectivity index (χ2n) is 6.65. The Balaban J connectivity index is 2.94. The van der Waals surface area contributed by atoms with Gasteiger partial charge in [0.25, 0.3) is 0 Å². The highest BCUT2D eigenvalue weighted by molar-refractivity contribution is 7.98. The molecule has 0 unspecified atom stereocenters. The topological polar surface area (TPSA) is 179 Å². The number of carboxylic acids is 2.